The fraction of sp³-hybridized carbons (Fsp3) is 0.125. The quantitative estimate of drug-likeness (QED) is 0.572. The number of amides is 1. The SMILES string of the molecule is Cc1ccc(NC(=S)NNC(=O)COc2ccccc2F)cc1Cl. The number of thiocarbonyl (C=S) groups is 1. The van der Waals surface area contributed by atoms with Crippen molar-refractivity contribution in [1.82, 2.24) is 10.9 Å². The number of benzene rings is 2. The molecule has 24 heavy (non-hydrogen) atoms. The van der Waals surface area contributed by atoms with Crippen LogP contribution >= 0.6 is 23.8 Å². The lowest BCUT2D eigenvalue weighted by molar-refractivity contribution is -0.123. The van der Waals surface area contributed by atoms with E-state index in [2.05, 4.69) is 16.2 Å². The van der Waals surface area contributed by atoms with Gasteiger partial charge in [-0.15, -0.1) is 0 Å². The zero-order chi connectivity index (χ0) is 17.5. The Morgan fingerprint density at radius 3 is 2.71 bits per heavy atom. The van der Waals surface area contributed by atoms with Gasteiger partial charge in [-0.2, -0.15) is 0 Å². The van der Waals surface area contributed by atoms with Crippen LogP contribution in [0.3, 0.4) is 0 Å². The molecule has 2 rings (SSSR count). The Balaban J connectivity index is 1.76. The maximum absolute atomic E-state index is 13.3. The Kier molecular flexibility index (Phi) is 6.34. The van der Waals surface area contributed by atoms with Crippen molar-refractivity contribution in [1.29, 1.82) is 0 Å². The minimum Gasteiger partial charge on any atom is -0.481 e. The average molecular weight is 368 g/mol. The first-order chi connectivity index (χ1) is 11.5. The molecule has 0 fully saturated rings. The van der Waals surface area contributed by atoms with Crippen LogP contribution in [0.15, 0.2) is 42.5 Å². The molecule has 0 bridgehead atoms. The highest BCUT2D eigenvalue weighted by molar-refractivity contribution is 7.80. The molecule has 0 spiro atoms. The molecule has 0 aliphatic carbocycles. The van der Waals surface area contributed by atoms with Gasteiger partial charge in [0.15, 0.2) is 23.3 Å². The van der Waals surface area contributed by atoms with Gasteiger partial charge in [0, 0.05) is 10.7 Å². The smallest absolute Gasteiger partial charge is 0.276 e. The number of hydrazine groups is 1. The lowest BCUT2D eigenvalue weighted by atomic mass is 10.2. The van der Waals surface area contributed by atoms with E-state index in [1.165, 1.54) is 18.2 Å². The summed E-state index contributed by atoms with van der Waals surface area (Å²) in [6.07, 6.45) is 0. The molecule has 0 radical (unpaired) electrons. The summed E-state index contributed by atoms with van der Waals surface area (Å²) in [6, 6.07) is 11.2. The standard InChI is InChI=1S/C16H15ClFN3O2S/c1-10-6-7-11(8-12(10)17)19-16(24)21-20-15(22)9-23-14-5-3-2-4-13(14)18/h2-8H,9H2,1H3,(H,20,22)(H2,19,21,24). The Hall–Kier alpha value is -2.38. The van der Waals surface area contributed by atoms with Gasteiger partial charge in [0.05, 0.1) is 0 Å². The van der Waals surface area contributed by atoms with Crippen LogP contribution in [0.2, 0.25) is 5.02 Å². The van der Waals surface area contributed by atoms with Crippen molar-refractivity contribution in [2.75, 3.05) is 11.9 Å². The molecule has 0 aliphatic heterocycles. The van der Waals surface area contributed by atoms with Crippen molar-refractivity contribution < 1.29 is 13.9 Å². The van der Waals surface area contributed by atoms with Gasteiger partial charge in [-0.1, -0.05) is 29.8 Å². The molecule has 0 aromatic heterocycles. The fourth-order valence-corrected chi connectivity index (χ4v) is 2.05. The Morgan fingerprint density at radius 1 is 1.25 bits per heavy atom. The van der Waals surface area contributed by atoms with Crippen LogP contribution in [-0.2, 0) is 4.79 Å². The minimum atomic E-state index is -0.535. The topological polar surface area (TPSA) is 62.4 Å². The third kappa shape index (κ3) is 5.36. The normalized spacial score (nSPS) is 9.96. The summed E-state index contributed by atoms with van der Waals surface area (Å²) in [5.74, 6) is -1.04. The van der Waals surface area contributed by atoms with Crippen LogP contribution in [0.25, 0.3) is 0 Å². The molecule has 0 unspecified atom stereocenters. The third-order valence-electron chi connectivity index (χ3n) is 2.94. The van der Waals surface area contributed by atoms with E-state index < -0.39 is 11.7 Å². The number of ether oxygens (including phenoxy) is 1. The molecule has 0 aliphatic rings. The number of carbonyl (C=O) groups excluding carboxylic acids is 1. The first-order valence-electron chi connectivity index (χ1n) is 6.95. The molecule has 8 heteroatoms. The Labute approximate surface area is 149 Å². The van der Waals surface area contributed by atoms with Crippen LogP contribution in [0, 0.1) is 12.7 Å². The number of hydrogen-bond acceptors (Lipinski definition) is 3. The van der Waals surface area contributed by atoms with Gasteiger partial charge in [0.1, 0.15) is 0 Å². The summed E-state index contributed by atoms with van der Waals surface area (Å²) in [6.45, 7) is 1.53. The highest BCUT2D eigenvalue weighted by Gasteiger charge is 2.07. The maximum Gasteiger partial charge on any atom is 0.276 e. The number of para-hydroxylation sites is 1. The van der Waals surface area contributed by atoms with Crippen molar-refractivity contribution >= 4 is 40.5 Å². The summed E-state index contributed by atoms with van der Waals surface area (Å²) in [4.78, 5) is 11.7. The molecule has 5 nitrogen and oxygen atoms in total. The van der Waals surface area contributed by atoms with Crippen molar-refractivity contribution in [3.63, 3.8) is 0 Å². The predicted octanol–water partition coefficient (Wildman–Crippen LogP) is 3.18. The van der Waals surface area contributed by atoms with Gasteiger partial charge in [0.2, 0.25) is 0 Å². The second kappa shape index (κ2) is 8.47. The molecule has 126 valence electrons. The number of rotatable bonds is 4. The van der Waals surface area contributed by atoms with Crippen LogP contribution in [-0.4, -0.2) is 17.6 Å². The summed E-state index contributed by atoms with van der Waals surface area (Å²) in [5.41, 5.74) is 6.49. The summed E-state index contributed by atoms with van der Waals surface area (Å²) in [7, 11) is 0. The van der Waals surface area contributed by atoms with Crippen LogP contribution < -0.4 is 20.9 Å². The predicted molar refractivity (Wildman–Crippen MR) is 95.6 cm³/mol. The molecule has 1 amide bonds. The van der Waals surface area contributed by atoms with E-state index in [0.717, 1.165) is 5.56 Å². The number of halogens is 2. The van der Waals surface area contributed by atoms with Crippen LogP contribution in [0.1, 0.15) is 5.56 Å². The lowest BCUT2D eigenvalue weighted by Crippen LogP contribution is -2.45. The first-order valence-corrected chi connectivity index (χ1v) is 7.73. The second-order valence-corrected chi connectivity index (χ2v) is 5.63. The highest BCUT2D eigenvalue weighted by Crippen LogP contribution is 2.19. The molecule has 0 atom stereocenters. The van der Waals surface area contributed by atoms with E-state index >= 15 is 0 Å². The van der Waals surface area contributed by atoms with Crippen molar-refractivity contribution in [2.24, 2.45) is 0 Å². The van der Waals surface area contributed by atoms with Crippen LogP contribution in [0.4, 0.5) is 10.1 Å². The number of nitrogens with one attached hydrogen (secondary N) is 3. The maximum atomic E-state index is 13.3. The Bertz CT molecular complexity index is 758. The fourth-order valence-electron chi connectivity index (χ4n) is 1.70. The second-order valence-electron chi connectivity index (χ2n) is 4.81. The van der Waals surface area contributed by atoms with E-state index in [4.69, 9.17) is 28.6 Å². The van der Waals surface area contributed by atoms with Gasteiger partial charge >= 0.3 is 0 Å². The van der Waals surface area contributed by atoms with Gasteiger partial charge in [-0.3, -0.25) is 15.6 Å². The highest BCUT2D eigenvalue weighted by atomic mass is 35.5. The van der Waals surface area contributed by atoms with E-state index in [1.807, 2.05) is 13.0 Å². The largest absolute Gasteiger partial charge is 0.481 e. The minimum absolute atomic E-state index is 0.00245. The molecule has 2 aromatic rings. The first kappa shape index (κ1) is 18.0. The average Bonchev–Trinajstić information content (AvgIpc) is 2.55. The van der Waals surface area contributed by atoms with E-state index in [1.54, 1.807) is 18.2 Å². The molecule has 0 saturated carbocycles. The molecule has 0 heterocycles. The summed E-state index contributed by atoms with van der Waals surface area (Å²) in [5, 5.41) is 3.65. The Morgan fingerprint density at radius 2 is 2.00 bits per heavy atom. The molecule has 2 aromatic carbocycles. The van der Waals surface area contributed by atoms with Gasteiger partial charge in [-0.25, -0.2) is 4.39 Å². The van der Waals surface area contributed by atoms with E-state index in [-0.39, 0.29) is 17.5 Å². The number of anilines is 1. The molecule has 3 N–H and O–H groups in total. The number of carbonyl (C=O) groups is 1. The van der Waals surface area contributed by atoms with Crippen LogP contribution in [0.5, 0.6) is 5.75 Å². The van der Waals surface area contributed by atoms with Crippen molar-refractivity contribution in [3.8, 4) is 5.75 Å². The zero-order valence-electron chi connectivity index (χ0n) is 12.7. The summed E-state index contributed by atoms with van der Waals surface area (Å²) >= 11 is 11.1. The number of aryl methyl sites for hydroxylation is 1. The van der Waals surface area contributed by atoms with Crippen molar-refractivity contribution in [3.05, 3.63) is 58.9 Å². The van der Waals surface area contributed by atoms with Crippen molar-refractivity contribution in [2.45, 2.75) is 6.92 Å². The molecular weight excluding hydrogens is 353 g/mol. The van der Waals surface area contributed by atoms with Gasteiger partial charge in [-0.05, 0) is 49.0 Å². The lowest BCUT2D eigenvalue weighted by Gasteiger charge is -2.12. The molecule has 0 saturated heterocycles. The third-order valence-corrected chi connectivity index (χ3v) is 3.55. The van der Waals surface area contributed by atoms with E-state index in [0.29, 0.717) is 10.7 Å². The zero-order valence-corrected chi connectivity index (χ0v) is 14.3. The molecular formula is C16H15ClFN3O2S. The van der Waals surface area contributed by atoms with Gasteiger partial charge in [0.25, 0.3) is 5.91 Å². The summed E-state index contributed by atoms with van der Waals surface area (Å²) < 4.78 is 18.4. The van der Waals surface area contributed by atoms with Gasteiger partial charge < -0.3 is 10.1 Å². The van der Waals surface area contributed by atoms with E-state index in [9.17, 15) is 9.18 Å². The number of hydrogen-bond donors (Lipinski definition) is 3. The monoisotopic (exact) mass is 367 g/mol.